The highest BCUT2D eigenvalue weighted by Gasteiger charge is 2.26. The average Bonchev–Trinajstić information content (AvgIpc) is 2.19. The van der Waals surface area contributed by atoms with Gasteiger partial charge in [-0.3, -0.25) is 4.79 Å². The van der Waals surface area contributed by atoms with E-state index in [1.54, 1.807) is 12.1 Å². The highest BCUT2D eigenvalue weighted by Crippen LogP contribution is 2.26. The molecule has 0 saturated carbocycles. The lowest BCUT2D eigenvalue weighted by atomic mass is 9.95. The Hall–Kier alpha value is -1.35. The molecule has 13 heavy (non-hydrogen) atoms. The van der Waals surface area contributed by atoms with E-state index >= 15 is 0 Å². The molecule has 1 unspecified atom stereocenters. The van der Waals surface area contributed by atoms with Gasteiger partial charge < -0.3 is 10.5 Å². The zero-order chi connectivity index (χ0) is 9.26. The molecule has 0 fully saturated rings. The molecule has 1 aromatic carbocycles. The fraction of sp³-hybridized carbons (Fsp3) is 0.300. The number of benzene rings is 1. The van der Waals surface area contributed by atoms with Gasteiger partial charge in [-0.2, -0.15) is 0 Å². The van der Waals surface area contributed by atoms with Crippen LogP contribution >= 0.6 is 0 Å². The van der Waals surface area contributed by atoms with E-state index in [1.807, 2.05) is 12.1 Å². The average molecular weight is 177 g/mol. The molecule has 1 aliphatic heterocycles. The van der Waals surface area contributed by atoms with Crippen molar-refractivity contribution >= 4 is 5.78 Å². The number of carbonyl (C=O) groups excluding carboxylic acids is 1. The first-order valence-corrected chi connectivity index (χ1v) is 4.29. The van der Waals surface area contributed by atoms with Crippen LogP contribution in [0.2, 0.25) is 0 Å². The van der Waals surface area contributed by atoms with Crippen molar-refractivity contribution in [3.63, 3.8) is 0 Å². The molecule has 2 rings (SSSR count). The molecule has 68 valence electrons. The number of carbonyl (C=O) groups is 1. The third-order valence-electron chi connectivity index (χ3n) is 2.25. The second kappa shape index (κ2) is 3.18. The van der Waals surface area contributed by atoms with Crippen LogP contribution in [0.1, 0.15) is 10.4 Å². The second-order valence-corrected chi connectivity index (χ2v) is 3.10. The molecule has 0 bridgehead atoms. The standard InChI is InChI=1S/C10H11NO2/c11-5-7-6-13-9-4-2-1-3-8(9)10(7)12/h1-4,7H,5-6,11H2. The highest BCUT2D eigenvalue weighted by molar-refractivity contribution is 6.01. The summed E-state index contributed by atoms with van der Waals surface area (Å²) in [7, 11) is 0. The van der Waals surface area contributed by atoms with Gasteiger partial charge in [0.2, 0.25) is 0 Å². The Bertz CT molecular complexity index is 335. The van der Waals surface area contributed by atoms with Crippen molar-refractivity contribution in [2.24, 2.45) is 11.7 Å². The Morgan fingerprint density at radius 2 is 2.23 bits per heavy atom. The van der Waals surface area contributed by atoms with Gasteiger partial charge in [0.25, 0.3) is 0 Å². The predicted octanol–water partition coefficient (Wildman–Crippen LogP) is 0.837. The van der Waals surface area contributed by atoms with Crippen LogP contribution in [0.25, 0.3) is 0 Å². The maximum absolute atomic E-state index is 11.7. The molecule has 0 spiro atoms. The first-order valence-electron chi connectivity index (χ1n) is 4.29. The van der Waals surface area contributed by atoms with Crippen LogP contribution in [0.15, 0.2) is 24.3 Å². The minimum absolute atomic E-state index is 0.101. The fourth-order valence-electron chi connectivity index (χ4n) is 1.46. The molecule has 3 heteroatoms. The van der Waals surface area contributed by atoms with Crippen molar-refractivity contribution in [3.8, 4) is 5.75 Å². The number of ether oxygens (including phenoxy) is 1. The summed E-state index contributed by atoms with van der Waals surface area (Å²) in [6, 6.07) is 7.27. The maximum Gasteiger partial charge on any atom is 0.174 e. The Labute approximate surface area is 76.5 Å². The fourth-order valence-corrected chi connectivity index (χ4v) is 1.46. The van der Waals surface area contributed by atoms with Crippen LogP contribution in [-0.4, -0.2) is 18.9 Å². The van der Waals surface area contributed by atoms with Crippen molar-refractivity contribution in [2.75, 3.05) is 13.2 Å². The third kappa shape index (κ3) is 1.31. The van der Waals surface area contributed by atoms with Crippen molar-refractivity contribution in [3.05, 3.63) is 29.8 Å². The minimum Gasteiger partial charge on any atom is -0.492 e. The first-order chi connectivity index (χ1) is 6.33. The SMILES string of the molecule is NCC1COc2ccccc2C1=O. The molecular weight excluding hydrogens is 166 g/mol. The Balaban J connectivity index is 2.39. The Kier molecular flexibility index (Phi) is 2.02. The molecule has 0 radical (unpaired) electrons. The van der Waals surface area contributed by atoms with Crippen LogP contribution in [-0.2, 0) is 0 Å². The van der Waals surface area contributed by atoms with E-state index in [0.717, 1.165) is 0 Å². The molecule has 0 amide bonds. The van der Waals surface area contributed by atoms with Crippen molar-refractivity contribution < 1.29 is 9.53 Å². The molecule has 0 aliphatic carbocycles. The van der Waals surface area contributed by atoms with E-state index in [0.29, 0.717) is 24.5 Å². The van der Waals surface area contributed by atoms with Gasteiger partial charge in [0.15, 0.2) is 5.78 Å². The number of ketones is 1. The van der Waals surface area contributed by atoms with Gasteiger partial charge in [0, 0.05) is 6.54 Å². The molecule has 0 saturated heterocycles. The summed E-state index contributed by atoms with van der Waals surface area (Å²) >= 11 is 0. The molecule has 1 heterocycles. The zero-order valence-electron chi connectivity index (χ0n) is 7.19. The summed E-state index contributed by atoms with van der Waals surface area (Å²) in [5, 5.41) is 0. The highest BCUT2D eigenvalue weighted by atomic mass is 16.5. The summed E-state index contributed by atoms with van der Waals surface area (Å²) in [6.07, 6.45) is 0. The molecule has 1 aromatic rings. The summed E-state index contributed by atoms with van der Waals surface area (Å²) in [6.45, 7) is 0.763. The molecule has 1 atom stereocenters. The third-order valence-corrected chi connectivity index (χ3v) is 2.25. The van der Waals surface area contributed by atoms with Crippen molar-refractivity contribution in [2.45, 2.75) is 0 Å². The van der Waals surface area contributed by atoms with E-state index in [9.17, 15) is 4.79 Å². The summed E-state index contributed by atoms with van der Waals surface area (Å²) in [5.74, 6) is 0.608. The molecule has 0 aromatic heterocycles. The molecule has 2 N–H and O–H groups in total. The smallest absolute Gasteiger partial charge is 0.174 e. The molecule has 1 aliphatic rings. The summed E-state index contributed by atoms with van der Waals surface area (Å²) in [5.41, 5.74) is 6.11. The summed E-state index contributed by atoms with van der Waals surface area (Å²) in [4.78, 5) is 11.7. The van der Waals surface area contributed by atoms with E-state index in [4.69, 9.17) is 10.5 Å². The van der Waals surface area contributed by atoms with Crippen LogP contribution in [0, 0.1) is 5.92 Å². The maximum atomic E-state index is 11.7. The number of Topliss-reactive ketones (excluding diaryl/α,β-unsaturated/α-hetero) is 1. The van der Waals surface area contributed by atoms with E-state index in [-0.39, 0.29) is 11.7 Å². The lowest BCUT2D eigenvalue weighted by molar-refractivity contribution is 0.0839. The first kappa shape index (κ1) is 8.26. The number of nitrogens with two attached hydrogens (primary N) is 1. The van der Waals surface area contributed by atoms with Crippen LogP contribution in [0.5, 0.6) is 5.75 Å². The Morgan fingerprint density at radius 1 is 1.46 bits per heavy atom. The molecule has 3 nitrogen and oxygen atoms in total. The van der Waals surface area contributed by atoms with Gasteiger partial charge in [-0.05, 0) is 12.1 Å². The van der Waals surface area contributed by atoms with Crippen LogP contribution in [0.3, 0.4) is 0 Å². The monoisotopic (exact) mass is 177 g/mol. The largest absolute Gasteiger partial charge is 0.492 e. The minimum atomic E-state index is -0.171. The predicted molar refractivity (Wildman–Crippen MR) is 48.8 cm³/mol. The van der Waals surface area contributed by atoms with E-state index in [2.05, 4.69) is 0 Å². The van der Waals surface area contributed by atoms with Crippen LogP contribution < -0.4 is 10.5 Å². The molecular formula is C10H11NO2. The lowest BCUT2D eigenvalue weighted by Gasteiger charge is -2.22. The van der Waals surface area contributed by atoms with Gasteiger partial charge in [0.05, 0.1) is 18.1 Å². The van der Waals surface area contributed by atoms with E-state index < -0.39 is 0 Å². The van der Waals surface area contributed by atoms with Gasteiger partial charge in [-0.25, -0.2) is 0 Å². The second-order valence-electron chi connectivity index (χ2n) is 3.10. The number of hydrogen-bond acceptors (Lipinski definition) is 3. The van der Waals surface area contributed by atoms with E-state index in [1.165, 1.54) is 0 Å². The van der Waals surface area contributed by atoms with Crippen LogP contribution in [0.4, 0.5) is 0 Å². The number of para-hydroxylation sites is 1. The number of hydrogen-bond donors (Lipinski definition) is 1. The quantitative estimate of drug-likeness (QED) is 0.691. The van der Waals surface area contributed by atoms with Gasteiger partial charge in [-0.15, -0.1) is 0 Å². The normalized spacial score (nSPS) is 20.7. The van der Waals surface area contributed by atoms with Gasteiger partial charge in [0.1, 0.15) is 5.75 Å². The Morgan fingerprint density at radius 3 is 3.00 bits per heavy atom. The van der Waals surface area contributed by atoms with Crippen molar-refractivity contribution in [1.82, 2.24) is 0 Å². The summed E-state index contributed by atoms with van der Waals surface area (Å²) < 4.78 is 5.40. The van der Waals surface area contributed by atoms with Gasteiger partial charge in [-0.1, -0.05) is 12.1 Å². The zero-order valence-corrected chi connectivity index (χ0v) is 7.19. The van der Waals surface area contributed by atoms with Gasteiger partial charge >= 0.3 is 0 Å². The number of rotatable bonds is 1. The lowest BCUT2D eigenvalue weighted by Crippen LogP contribution is -2.33. The van der Waals surface area contributed by atoms with Crippen molar-refractivity contribution in [1.29, 1.82) is 0 Å². The number of fused-ring (bicyclic) bond motifs is 1. The topological polar surface area (TPSA) is 52.3 Å².